The van der Waals surface area contributed by atoms with Crippen molar-refractivity contribution in [3.63, 3.8) is 0 Å². The third-order valence-corrected chi connectivity index (χ3v) is 7.79. The van der Waals surface area contributed by atoms with E-state index in [1.54, 1.807) is 6.92 Å². The first-order chi connectivity index (χ1) is 21.0. The third kappa shape index (κ3) is 29.4. The van der Waals surface area contributed by atoms with Crippen LogP contribution in [0.5, 0.6) is 0 Å². The lowest BCUT2D eigenvalue weighted by Gasteiger charge is -2.30. The maximum atomic E-state index is 12.6. The number of carbonyl (C=O) groups is 1. The van der Waals surface area contributed by atoms with E-state index in [1.807, 2.05) is 25.1 Å². The van der Waals surface area contributed by atoms with Gasteiger partial charge in [0.1, 0.15) is 0 Å². The zero-order valence-corrected chi connectivity index (χ0v) is 28.8. The van der Waals surface area contributed by atoms with Crippen molar-refractivity contribution in [2.24, 2.45) is 0 Å². The third-order valence-electron chi connectivity index (χ3n) is 7.79. The Balaban J connectivity index is 4.36. The van der Waals surface area contributed by atoms with Crippen LogP contribution in [0.3, 0.4) is 0 Å². The number of hydrogen-bond acceptors (Lipinski definition) is 2. The Morgan fingerprint density at radius 3 is 1.77 bits per heavy atom. The fourth-order valence-electron chi connectivity index (χ4n) is 5.26. The molecule has 0 aliphatic carbocycles. The summed E-state index contributed by atoms with van der Waals surface area (Å²) in [6.45, 7) is 8.30. The fourth-order valence-corrected chi connectivity index (χ4v) is 5.26. The number of hydrogen-bond donors (Lipinski definition) is 0. The zero-order valence-electron chi connectivity index (χ0n) is 28.8. The molecule has 0 bridgehead atoms. The number of amides is 1. The van der Waals surface area contributed by atoms with Crippen molar-refractivity contribution in [1.29, 1.82) is 0 Å². The lowest BCUT2D eigenvalue weighted by molar-refractivity contribution is -0.130. The van der Waals surface area contributed by atoms with Gasteiger partial charge in [-0.25, -0.2) is 0 Å². The predicted molar refractivity (Wildman–Crippen MR) is 191 cm³/mol. The Morgan fingerprint density at radius 1 is 0.674 bits per heavy atom. The first-order valence-electron chi connectivity index (χ1n) is 17.7. The zero-order chi connectivity index (χ0) is 31.6. The van der Waals surface area contributed by atoms with Crippen molar-refractivity contribution in [2.75, 3.05) is 20.6 Å². The molecule has 1 atom stereocenters. The van der Waals surface area contributed by atoms with Crippen LogP contribution in [0.4, 0.5) is 0 Å². The van der Waals surface area contributed by atoms with Gasteiger partial charge in [0, 0.05) is 33.6 Å². The minimum absolute atomic E-state index is 0.205. The minimum Gasteiger partial charge on any atom is -0.384 e. The average Bonchev–Trinajstić information content (AvgIpc) is 2.98. The van der Waals surface area contributed by atoms with Gasteiger partial charge in [0.25, 0.3) is 0 Å². The molecule has 0 saturated carbocycles. The Morgan fingerprint density at radius 2 is 1.21 bits per heavy atom. The Hall–Kier alpha value is -2.47. The van der Waals surface area contributed by atoms with E-state index in [-0.39, 0.29) is 5.91 Å². The molecule has 0 heterocycles. The molecule has 0 spiro atoms. The molecule has 1 unspecified atom stereocenters. The van der Waals surface area contributed by atoms with Crippen LogP contribution in [0.1, 0.15) is 149 Å². The first kappa shape index (κ1) is 40.5. The minimum atomic E-state index is 0.205. The van der Waals surface area contributed by atoms with Crippen LogP contribution in [0.25, 0.3) is 0 Å². The molecule has 0 saturated heterocycles. The average molecular weight is 593 g/mol. The van der Waals surface area contributed by atoms with Crippen LogP contribution in [0.2, 0.25) is 0 Å². The molecule has 0 aliphatic heterocycles. The number of carbonyl (C=O) groups excluding carboxylic acids is 1. The van der Waals surface area contributed by atoms with Crippen LogP contribution < -0.4 is 0 Å². The molecular formula is C40H68N2O. The Labute approximate surface area is 268 Å². The standard InChI is InChI=1S/C40H68N2O/c1-6-8-10-12-14-16-18-20-21-22-23-25-27-29-31-33-36-40(42(39(3)43)38-34-37-41(4)5)35-32-30-28-26-24-19-17-15-13-11-9-7-2/h9,13-16,20,22,34,37,40H,2,6,8,10-12,17-19,23-33,35-36,38H2,1,3-5H3/b15-13-,16-14-,37-34+. The van der Waals surface area contributed by atoms with Gasteiger partial charge in [-0.05, 0) is 94.7 Å². The van der Waals surface area contributed by atoms with E-state index in [0.717, 1.165) is 32.1 Å². The van der Waals surface area contributed by atoms with Gasteiger partial charge in [0.05, 0.1) is 0 Å². The molecule has 0 radical (unpaired) electrons. The van der Waals surface area contributed by atoms with E-state index >= 15 is 0 Å². The van der Waals surface area contributed by atoms with Crippen molar-refractivity contribution in [3.05, 3.63) is 72.8 Å². The summed E-state index contributed by atoms with van der Waals surface area (Å²) in [5, 5.41) is 0. The summed E-state index contributed by atoms with van der Waals surface area (Å²) >= 11 is 0. The van der Waals surface area contributed by atoms with Crippen LogP contribution >= 0.6 is 0 Å². The molecule has 244 valence electrons. The summed E-state index contributed by atoms with van der Waals surface area (Å²) in [7, 11) is 4.06. The van der Waals surface area contributed by atoms with Gasteiger partial charge in [-0.2, -0.15) is 0 Å². The van der Waals surface area contributed by atoms with E-state index in [1.165, 1.54) is 103 Å². The lowest BCUT2D eigenvalue weighted by Crippen LogP contribution is -2.39. The van der Waals surface area contributed by atoms with E-state index in [9.17, 15) is 4.79 Å². The van der Waals surface area contributed by atoms with Crippen molar-refractivity contribution < 1.29 is 4.79 Å². The van der Waals surface area contributed by atoms with E-state index in [2.05, 4.69) is 78.6 Å². The molecule has 0 aromatic rings. The highest BCUT2D eigenvalue weighted by Gasteiger charge is 2.19. The van der Waals surface area contributed by atoms with Gasteiger partial charge in [0.2, 0.25) is 5.91 Å². The number of nitrogens with zero attached hydrogens (tertiary/aromatic N) is 2. The number of allylic oxidation sites excluding steroid dienone is 6. The van der Waals surface area contributed by atoms with E-state index in [4.69, 9.17) is 0 Å². The maximum Gasteiger partial charge on any atom is 0.219 e. The van der Waals surface area contributed by atoms with Crippen molar-refractivity contribution in [3.8, 4) is 0 Å². The SMILES string of the molecule is C=C=CC/C=C\CCCCCCCCC(CCCCCCCC=C=CC/C=C\CCCCC)N(C/C=C/N(C)C)C(C)=O. The summed E-state index contributed by atoms with van der Waals surface area (Å²) in [5.41, 5.74) is 6.16. The van der Waals surface area contributed by atoms with Crippen molar-refractivity contribution in [1.82, 2.24) is 9.80 Å². The molecule has 3 nitrogen and oxygen atoms in total. The van der Waals surface area contributed by atoms with Crippen LogP contribution in [0.15, 0.2) is 72.8 Å². The molecular weight excluding hydrogens is 524 g/mol. The first-order valence-corrected chi connectivity index (χ1v) is 17.7. The quantitative estimate of drug-likeness (QED) is 0.0490. The summed E-state index contributed by atoms with van der Waals surface area (Å²) in [6, 6.07) is 0.354. The van der Waals surface area contributed by atoms with Gasteiger partial charge in [-0.15, -0.1) is 11.5 Å². The molecule has 0 aromatic carbocycles. The number of unbranched alkanes of at least 4 members (excludes halogenated alkanes) is 14. The van der Waals surface area contributed by atoms with Crippen LogP contribution in [0, 0.1) is 0 Å². The fraction of sp³-hybridized carbons (Fsp3) is 0.675. The van der Waals surface area contributed by atoms with Crippen LogP contribution in [-0.2, 0) is 4.79 Å². The van der Waals surface area contributed by atoms with Gasteiger partial charge in [0.15, 0.2) is 0 Å². The second-order valence-corrected chi connectivity index (χ2v) is 12.1. The Bertz CT molecular complexity index is 837. The summed E-state index contributed by atoms with van der Waals surface area (Å²) < 4.78 is 0. The highest BCUT2D eigenvalue weighted by molar-refractivity contribution is 5.73. The maximum absolute atomic E-state index is 12.6. The molecule has 0 fully saturated rings. The summed E-state index contributed by atoms with van der Waals surface area (Å²) in [4.78, 5) is 16.8. The summed E-state index contributed by atoms with van der Waals surface area (Å²) in [6.07, 6.45) is 45.2. The second kappa shape index (κ2) is 32.4. The lowest BCUT2D eigenvalue weighted by atomic mass is 9.98. The van der Waals surface area contributed by atoms with Gasteiger partial charge < -0.3 is 9.80 Å². The Kier molecular flexibility index (Phi) is 30.6. The van der Waals surface area contributed by atoms with E-state index < -0.39 is 0 Å². The molecule has 0 N–H and O–H groups in total. The molecule has 1 amide bonds. The highest BCUT2D eigenvalue weighted by Crippen LogP contribution is 2.19. The van der Waals surface area contributed by atoms with Crippen LogP contribution in [-0.4, -0.2) is 42.4 Å². The summed E-state index contributed by atoms with van der Waals surface area (Å²) in [5.74, 6) is 0.205. The molecule has 0 aromatic heterocycles. The molecule has 0 aliphatic rings. The number of rotatable bonds is 29. The van der Waals surface area contributed by atoms with Gasteiger partial charge >= 0.3 is 0 Å². The topological polar surface area (TPSA) is 23.6 Å². The smallest absolute Gasteiger partial charge is 0.219 e. The van der Waals surface area contributed by atoms with Crippen molar-refractivity contribution >= 4 is 5.91 Å². The normalized spacial score (nSPS) is 12.0. The molecule has 3 heteroatoms. The second-order valence-electron chi connectivity index (χ2n) is 12.1. The molecule has 43 heavy (non-hydrogen) atoms. The predicted octanol–water partition coefficient (Wildman–Crippen LogP) is 11.7. The van der Waals surface area contributed by atoms with Crippen molar-refractivity contribution in [2.45, 2.75) is 155 Å². The molecule has 0 rings (SSSR count). The largest absolute Gasteiger partial charge is 0.384 e. The van der Waals surface area contributed by atoms with E-state index in [0.29, 0.717) is 12.6 Å². The highest BCUT2D eigenvalue weighted by atomic mass is 16.2. The monoisotopic (exact) mass is 593 g/mol. The van der Waals surface area contributed by atoms with Gasteiger partial charge in [-0.3, -0.25) is 4.79 Å². The van der Waals surface area contributed by atoms with Gasteiger partial charge in [-0.1, -0.05) is 108 Å².